The SMILES string of the molecule is N#Cc1nccnc1N1C[C@@H]2COC[C@H](C1)N(C(=O)C1CCS(=O)(=O)CC1)C2. The summed E-state index contributed by atoms with van der Waals surface area (Å²) >= 11 is 0. The van der Waals surface area contributed by atoms with Crippen LogP contribution in [0.3, 0.4) is 0 Å². The maximum atomic E-state index is 13.2. The molecule has 0 radical (unpaired) electrons. The van der Waals surface area contributed by atoms with Gasteiger partial charge in [0.1, 0.15) is 15.9 Å². The summed E-state index contributed by atoms with van der Waals surface area (Å²) in [5, 5.41) is 9.36. The van der Waals surface area contributed by atoms with E-state index in [0.29, 0.717) is 51.5 Å². The summed E-state index contributed by atoms with van der Waals surface area (Å²) in [6, 6.07) is 1.93. The Bertz CT molecular complexity index is 885. The third kappa shape index (κ3) is 3.82. The van der Waals surface area contributed by atoms with Crippen molar-refractivity contribution in [2.24, 2.45) is 11.8 Å². The Balaban J connectivity index is 1.55. The van der Waals surface area contributed by atoms with Crippen molar-refractivity contribution < 1.29 is 17.9 Å². The molecule has 0 saturated carbocycles. The second kappa shape index (κ2) is 7.64. The lowest BCUT2D eigenvalue weighted by molar-refractivity contribution is -0.138. The van der Waals surface area contributed by atoms with E-state index >= 15 is 0 Å². The van der Waals surface area contributed by atoms with Gasteiger partial charge in [-0.1, -0.05) is 0 Å². The van der Waals surface area contributed by atoms with E-state index in [0.717, 1.165) is 0 Å². The van der Waals surface area contributed by atoms with E-state index in [1.54, 1.807) is 6.20 Å². The number of carbonyl (C=O) groups is 1. The Morgan fingerprint density at radius 2 is 1.89 bits per heavy atom. The Morgan fingerprint density at radius 3 is 2.64 bits per heavy atom. The number of nitrogens with zero attached hydrogens (tertiary/aromatic N) is 5. The van der Waals surface area contributed by atoms with Crippen molar-refractivity contribution in [3.8, 4) is 6.07 Å². The quantitative estimate of drug-likeness (QED) is 0.666. The van der Waals surface area contributed by atoms with Crippen LogP contribution in [0.1, 0.15) is 18.5 Å². The molecule has 28 heavy (non-hydrogen) atoms. The van der Waals surface area contributed by atoms with Gasteiger partial charge in [-0.3, -0.25) is 4.79 Å². The summed E-state index contributed by atoms with van der Waals surface area (Å²) in [5.74, 6) is 0.578. The Labute approximate surface area is 164 Å². The van der Waals surface area contributed by atoms with Gasteiger partial charge in [-0.05, 0) is 12.8 Å². The molecular formula is C18H23N5O4S. The molecule has 3 fully saturated rings. The Kier molecular flexibility index (Phi) is 5.21. The van der Waals surface area contributed by atoms with Crippen LogP contribution in [0.2, 0.25) is 0 Å². The number of aromatic nitrogens is 2. The first-order chi connectivity index (χ1) is 13.5. The molecule has 0 N–H and O–H groups in total. The van der Waals surface area contributed by atoms with Crippen LogP contribution in [0.15, 0.2) is 12.4 Å². The van der Waals surface area contributed by atoms with Crippen molar-refractivity contribution in [2.75, 3.05) is 49.3 Å². The number of nitriles is 1. The number of carbonyl (C=O) groups excluding carboxylic acids is 1. The predicted molar refractivity (Wildman–Crippen MR) is 100 cm³/mol. The van der Waals surface area contributed by atoms with Gasteiger partial charge in [0.2, 0.25) is 5.91 Å². The molecule has 2 bridgehead atoms. The minimum absolute atomic E-state index is 0.0249. The summed E-state index contributed by atoms with van der Waals surface area (Å²) in [5.41, 5.74) is 0.277. The highest BCUT2D eigenvalue weighted by Gasteiger charge is 2.40. The smallest absolute Gasteiger partial charge is 0.226 e. The number of anilines is 1. The lowest BCUT2D eigenvalue weighted by Gasteiger charge is -2.34. The molecule has 2 atom stereocenters. The molecule has 0 aliphatic carbocycles. The van der Waals surface area contributed by atoms with E-state index in [2.05, 4.69) is 16.0 Å². The minimum atomic E-state index is -3.01. The molecule has 0 aromatic carbocycles. The standard InChI is InChI=1S/C18H23N5O4S/c19-7-16-17(21-4-3-20-16)22-8-13-9-23(15(10-22)12-27-11-13)18(24)14-1-5-28(25,26)6-2-14/h3-4,13-15H,1-2,5-6,8-12H2/t13-,15-/m0/s1. The fourth-order valence-electron chi connectivity index (χ4n) is 4.30. The van der Waals surface area contributed by atoms with Crippen LogP contribution in [0.5, 0.6) is 0 Å². The summed E-state index contributed by atoms with van der Waals surface area (Å²) in [4.78, 5) is 25.6. The van der Waals surface area contributed by atoms with Crippen molar-refractivity contribution in [1.29, 1.82) is 5.26 Å². The lowest BCUT2D eigenvalue weighted by atomic mass is 9.99. The third-order valence-electron chi connectivity index (χ3n) is 5.74. The number of rotatable bonds is 2. The van der Waals surface area contributed by atoms with Gasteiger partial charge in [-0.2, -0.15) is 5.26 Å². The van der Waals surface area contributed by atoms with E-state index < -0.39 is 9.84 Å². The molecular weight excluding hydrogens is 382 g/mol. The molecule has 3 saturated heterocycles. The molecule has 9 nitrogen and oxygen atoms in total. The molecule has 0 spiro atoms. The van der Waals surface area contributed by atoms with Crippen LogP contribution in [0.4, 0.5) is 5.82 Å². The third-order valence-corrected chi connectivity index (χ3v) is 7.46. The van der Waals surface area contributed by atoms with Gasteiger partial charge < -0.3 is 14.5 Å². The monoisotopic (exact) mass is 405 g/mol. The first-order valence-corrected chi connectivity index (χ1v) is 11.3. The first kappa shape index (κ1) is 19.1. The van der Waals surface area contributed by atoms with Gasteiger partial charge in [-0.15, -0.1) is 0 Å². The fourth-order valence-corrected chi connectivity index (χ4v) is 5.79. The average molecular weight is 405 g/mol. The summed E-state index contributed by atoms with van der Waals surface area (Å²) in [6.45, 7) is 2.68. The number of hydrogen-bond donors (Lipinski definition) is 0. The Hall–Kier alpha value is -2.25. The highest BCUT2D eigenvalue weighted by atomic mass is 32.2. The maximum Gasteiger partial charge on any atom is 0.226 e. The molecule has 4 heterocycles. The van der Waals surface area contributed by atoms with Crippen LogP contribution >= 0.6 is 0 Å². The highest BCUT2D eigenvalue weighted by Crippen LogP contribution is 2.28. The van der Waals surface area contributed by atoms with Gasteiger partial charge in [0.05, 0.1) is 30.8 Å². The minimum Gasteiger partial charge on any atom is -0.379 e. The summed E-state index contributed by atoms with van der Waals surface area (Å²) in [6.07, 6.45) is 3.85. The molecule has 1 aromatic rings. The molecule has 150 valence electrons. The van der Waals surface area contributed by atoms with E-state index in [1.807, 2.05) is 9.80 Å². The number of amides is 1. The molecule has 10 heteroatoms. The zero-order valence-electron chi connectivity index (χ0n) is 15.5. The van der Waals surface area contributed by atoms with E-state index in [4.69, 9.17) is 4.74 Å². The van der Waals surface area contributed by atoms with Crippen LogP contribution in [-0.4, -0.2) is 79.6 Å². The molecule has 4 rings (SSSR count). The zero-order valence-corrected chi connectivity index (χ0v) is 16.3. The van der Waals surface area contributed by atoms with E-state index in [1.165, 1.54) is 6.20 Å². The number of sulfone groups is 1. The van der Waals surface area contributed by atoms with E-state index in [9.17, 15) is 18.5 Å². The molecule has 1 aromatic heterocycles. The number of hydrogen-bond acceptors (Lipinski definition) is 8. The first-order valence-electron chi connectivity index (χ1n) is 9.51. The maximum absolute atomic E-state index is 13.2. The van der Waals surface area contributed by atoms with Gasteiger partial charge >= 0.3 is 0 Å². The zero-order chi connectivity index (χ0) is 19.7. The van der Waals surface area contributed by atoms with Crippen LogP contribution < -0.4 is 4.90 Å². The lowest BCUT2D eigenvalue weighted by Crippen LogP contribution is -2.49. The molecule has 3 aliphatic rings. The van der Waals surface area contributed by atoms with Crippen molar-refractivity contribution in [3.63, 3.8) is 0 Å². The number of fused-ring (bicyclic) bond motifs is 3. The summed E-state index contributed by atoms with van der Waals surface area (Å²) in [7, 11) is -3.01. The van der Waals surface area contributed by atoms with Crippen LogP contribution in [-0.2, 0) is 19.4 Å². The second-order valence-electron chi connectivity index (χ2n) is 7.72. The van der Waals surface area contributed by atoms with Crippen LogP contribution in [0.25, 0.3) is 0 Å². The normalized spacial score (nSPS) is 27.7. The van der Waals surface area contributed by atoms with Crippen molar-refractivity contribution in [1.82, 2.24) is 14.9 Å². The fraction of sp³-hybridized carbons (Fsp3) is 0.667. The number of ether oxygens (including phenoxy) is 1. The van der Waals surface area contributed by atoms with Crippen LogP contribution in [0, 0.1) is 23.2 Å². The molecule has 1 amide bonds. The van der Waals surface area contributed by atoms with Crippen molar-refractivity contribution in [2.45, 2.75) is 18.9 Å². The van der Waals surface area contributed by atoms with Gasteiger partial charge in [0, 0.05) is 43.9 Å². The van der Waals surface area contributed by atoms with Gasteiger partial charge in [-0.25, -0.2) is 18.4 Å². The predicted octanol–water partition coefficient (Wildman–Crippen LogP) is -0.163. The van der Waals surface area contributed by atoms with Gasteiger partial charge in [0.15, 0.2) is 11.5 Å². The largest absolute Gasteiger partial charge is 0.379 e. The molecule has 3 aliphatic heterocycles. The van der Waals surface area contributed by atoms with Crippen molar-refractivity contribution in [3.05, 3.63) is 18.1 Å². The molecule has 0 unspecified atom stereocenters. The van der Waals surface area contributed by atoms with Gasteiger partial charge in [0.25, 0.3) is 0 Å². The summed E-state index contributed by atoms with van der Waals surface area (Å²) < 4.78 is 29.2. The van der Waals surface area contributed by atoms with E-state index in [-0.39, 0.29) is 41.0 Å². The highest BCUT2D eigenvalue weighted by molar-refractivity contribution is 7.91. The van der Waals surface area contributed by atoms with Crippen molar-refractivity contribution >= 4 is 21.6 Å². The topological polar surface area (TPSA) is 116 Å². The average Bonchev–Trinajstić information content (AvgIpc) is 2.98. The Morgan fingerprint density at radius 1 is 1.14 bits per heavy atom. The second-order valence-corrected chi connectivity index (χ2v) is 10.0.